The Bertz CT molecular complexity index is 1080. The van der Waals surface area contributed by atoms with Crippen LogP contribution in [-0.2, 0) is 17.8 Å². The van der Waals surface area contributed by atoms with E-state index in [9.17, 15) is 14.0 Å². The third-order valence-electron chi connectivity index (χ3n) is 4.47. The summed E-state index contributed by atoms with van der Waals surface area (Å²) in [5, 5.41) is 7.07. The minimum absolute atomic E-state index is 0.165. The summed E-state index contributed by atoms with van der Waals surface area (Å²) in [6.07, 6.45) is 0.165. The lowest BCUT2D eigenvalue weighted by atomic mass is 10.1. The fourth-order valence-electron chi connectivity index (χ4n) is 2.92. The van der Waals surface area contributed by atoms with Crippen LogP contribution in [0, 0.1) is 5.82 Å². The molecule has 8 heteroatoms. The zero-order valence-corrected chi connectivity index (χ0v) is 16.7. The van der Waals surface area contributed by atoms with Crippen LogP contribution in [0.4, 0.5) is 4.39 Å². The van der Waals surface area contributed by atoms with Gasteiger partial charge in [-0.05, 0) is 48.0 Å². The molecular formula is C22H22FN3O4. The Morgan fingerprint density at radius 2 is 1.77 bits per heavy atom. The highest BCUT2D eigenvalue weighted by atomic mass is 19.1. The summed E-state index contributed by atoms with van der Waals surface area (Å²) in [5.41, 5.74) is 1.74. The molecule has 0 atom stereocenters. The number of carbonyl (C=O) groups excluding carboxylic acids is 1. The molecule has 1 N–H and O–H groups in total. The van der Waals surface area contributed by atoms with E-state index in [1.807, 2.05) is 0 Å². The number of ether oxygens (including phenoxy) is 2. The van der Waals surface area contributed by atoms with Gasteiger partial charge in [0, 0.05) is 18.2 Å². The van der Waals surface area contributed by atoms with E-state index in [4.69, 9.17) is 9.47 Å². The molecule has 0 spiro atoms. The molecule has 2 aromatic carbocycles. The standard InChI is InChI=1S/C22H22FN3O4/c1-29-19-9-3-15(13-20(19)30-2)14-21(27)24-11-12-26-22(28)10-8-18(25-26)16-4-6-17(23)7-5-16/h3-10,13H,11-12,14H2,1-2H3,(H,24,27). The number of nitrogens with zero attached hydrogens (tertiary/aromatic N) is 2. The quantitative estimate of drug-likeness (QED) is 0.616. The first kappa shape index (κ1) is 21.0. The van der Waals surface area contributed by atoms with E-state index in [1.165, 1.54) is 30.0 Å². The molecular weight excluding hydrogens is 389 g/mol. The highest BCUT2D eigenvalue weighted by molar-refractivity contribution is 5.78. The van der Waals surface area contributed by atoms with Gasteiger partial charge in [0.25, 0.3) is 5.56 Å². The molecule has 0 saturated carbocycles. The van der Waals surface area contributed by atoms with Crippen LogP contribution < -0.4 is 20.3 Å². The van der Waals surface area contributed by atoms with E-state index in [-0.39, 0.29) is 36.8 Å². The lowest BCUT2D eigenvalue weighted by Crippen LogP contribution is -2.32. The smallest absolute Gasteiger partial charge is 0.266 e. The second-order valence-electron chi connectivity index (χ2n) is 6.50. The maximum atomic E-state index is 13.1. The summed E-state index contributed by atoms with van der Waals surface area (Å²) in [6, 6.07) is 14.1. The number of rotatable bonds is 8. The number of hydrogen-bond donors (Lipinski definition) is 1. The topological polar surface area (TPSA) is 82.5 Å². The maximum absolute atomic E-state index is 13.1. The summed E-state index contributed by atoms with van der Waals surface area (Å²) in [6.45, 7) is 0.456. The number of benzene rings is 2. The van der Waals surface area contributed by atoms with Crippen molar-refractivity contribution in [3.8, 4) is 22.8 Å². The fraction of sp³-hybridized carbons (Fsp3) is 0.227. The number of hydrogen-bond acceptors (Lipinski definition) is 5. The highest BCUT2D eigenvalue weighted by Crippen LogP contribution is 2.27. The molecule has 0 aliphatic rings. The molecule has 3 aromatic rings. The van der Waals surface area contributed by atoms with E-state index in [0.29, 0.717) is 22.8 Å². The molecule has 156 valence electrons. The number of methoxy groups -OCH3 is 2. The van der Waals surface area contributed by atoms with Gasteiger partial charge in [0.05, 0.1) is 32.9 Å². The van der Waals surface area contributed by atoms with E-state index in [1.54, 1.807) is 43.5 Å². The number of nitrogens with one attached hydrogen (secondary N) is 1. The van der Waals surface area contributed by atoms with Gasteiger partial charge in [-0.15, -0.1) is 0 Å². The largest absolute Gasteiger partial charge is 0.493 e. The first-order valence-corrected chi connectivity index (χ1v) is 9.32. The monoisotopic (exact) mass is 411 g/mol. The molecule has 0 bridgehead atoms. The van der Waals surface area contributed by atoms with Crippen molar-refractivity contribution in [3.05, 3.63) is 76.3 Å². The van der Waals surface area contributed by atoms with Gasteiger partial charge in [-0.2, -0.15) is 5.10 Å². The highest BCUT2D eigenvalue weighted by Gasteiger charge is 2.09. The summed E-state index contributed by atoms with van der Waals surface area (Å²) in [4.78, 5) is 24.3. The first-order valence-electron chi connectivity index (χ1n) is 9.32. The zero-order chi connectivity index (χ0) is 21.5. The Hall–Kier alpha value is -3.68. The second kappa shape index (κ2) is 9.69. The lowest BCUT2D eigenvalue weighted by molar-refractivity contribution is -0.120. The molecule has 0 aliphatic heterocycles. The van der Waals surface area contributed by atoms with Crippen LogP contribution in [0.25, 0.3) is 11.3 Å². The molecule has 0 fully saturated rings. The summed E-state index contributed by atoms with van der Waals surface area (Å²) < 4.78 is 24.8. The molecule has 30 heavy (non-hydrogen) atoms. The average molecular weight is 411 g/mol. The third kappa shape index (κ3) is 5.22. The summed E-state index contributed by atoms with van der Waals surface area (Å²) >= 11 is 0. The zero-order valence-electron chi connectivity index (χ0n) is 16.7. The van der Waals surface area contributed by atoms with E-state index < -0.39 is 0 Å². The van der Waals surface area contributed by atoms with Gasteiger partial charge in [-0.3, -0.25) is 9.59 Å². The first-order chi connectivity index (χ1) is 14.5. The Labute approximate surface area is 173 Å². The minimum Gasteiger partial charge on any atom is -0.493 e. The molecule has 0 unspecified atom stereocenters. The van der Waals surface area contributed by atoms with Crippen molar-refractivity contribution in [1.82, 2.24) is 15.1 Å². The maximum Gasteiger partial charge on any atom is 0.266 e. The van der Waals surface area contributed by atoms with Gasteiger partial charge >= 0.3 is 0 Å². The van der Waals surface area contributed by atoms with Gasteiger partial charge in [-0.1, -0.05) is 6.07 Å². The second-order valence-corrected chi connectivity index (χ2v) is 6.50. The van der Waals surface area contributed by atoms with Crippen LogP contribution >= 0.6 is 0 Å². The van der Waals surface area contributed by atoms with Crippen LogP contribution in [0.2, 0.25) is 0 Å². The SMILES string of the molecule is COc1ccc(CC(=O)NCCn2nc(-c3ccc(F)cc3)ccc2=O)cc1OC. The predicted octanol–water partition coefficient (Wildman–Crippen LogP) is 2.43. The van der Waals surface area contributed by atoms with Gasteiger partial charge in [0.2, 0.25) is 5.91 Å². The Morgan fingerprint density at radius 1 is 1.03 bits per heavy atom. The van der Waals surface area contributed by atoms with Gasteiger partial charge < -0.3 is 14.8 Å². The molecule has 0 aliphatic carbocycles. The Kier molecular flexibility index (Phi) is 6.79. The average Bonchev–Trinajstić information content (AvgIpc) is 2.75. The predicted molar refractivity (Wildman–Crippen MR) is 110 cm³/mol. The van der Waals surface area contributed by atoms with Crippen LogP contribution in [0.3, 0.4) is 0 Å². The summed E-state index contributed by atoms with van der Waals surface area (Å²) in [7, 11) is 3.08. The van der Waals surface area contributed by atoms with Gasteiger partial charge in [0.15, 0.2) is 11.5 Å². The van der Waals surface area contributed by atoms with Crippen LogP contribution in [-0.4, -0.2) is 36.5 Å². The number of halogens is 1. The Balaban J connectivity index is 1.59. The number of aromatic nitrogens is 2. The van der Waals surface area contributed by atoms with Crippen molar-refractivity contribution >= 4 is 5.91 Å². The van der Waals surface area contributed by atoms with E-state index in [0.717, 1.165) is 5.56 Å². The van der Waals surface area contributed by atoms with Crippen molar-refractivity contribution in [2.75, 3.05) is 20.8 Å². The Morgan fingerprint density at radius 3 is 2.47 bits per heavy atom. The minimum atomic E-state index is -0.343. The normalized spacial score (nSPS) is 10.5. The van der Waals surface area contributed by atoms with Crippen LogP contribution in [0.1, 0.15) is 5.56 Å². The summed E-state index contributed by atoms with van der Waals surface area (Å²) in [5.74, 6) is 0.610. The van der Waals surface area contributed by atoms with Crippen molar-refractivity contribution < 1.29 is 18.7 Å². The van der Waals surface area contributed by atoms with Crippen molar-refractivity contribution in [3.63, 3.8) is 0 Å². The van der Waals surface area contributed by atoms with Crippen molar-refractivity contribution in [1.29, 1.82) is 0 Å². The van der Waals surface area contributed by atoms with Crippen LogP contribution in [0.15, 0.2) is 59.4 Å². The van der Waals surface area contributed by atoms with Gasteiger partial charge in [0.1, 0.15) is 5.82 Å². The number of amides is 1. The van der Waals surface area contributed by atoms with E-state index >= 15 is 0 Å². The molecule has 1 amide bonds. The van der Waals surface area contributed by atoms with E-state index in [2.05, 4.69) is 10.4 Å². The molecule has 3 rings (SSSR count). The molecule has 0 radical (unpaired) electrons. The number of carbonyl (C=O) groups is 1. The molecule has 7 nitrogen and oxygen atoms in total. The molecule has 1 heterocycles. The third-order valence-corrected chi connectivity index (χ3v) is 4.47. The van der Waals surface area contributed by atoms with Crippen LogP contribution in [0.5, 0.6) is 11.5 Å². The molecule has 0 saturated heterocycles. The lowest BCUT2D eigenvalue weighted by Gasteiger charge is -2.10. The van der Waals surface area contributed by atoms with Crippen molar-refractivity contribution in [2.24, 2.45) is 0 Å². The molecule has 1 aromatic heterocycles. The van der Waals surface area contributed by atoms with Gasteiger partial charge in [-0.25, -0.2) is 9.07 Å². The fourth-order valence-corrected chi connectivity index (χ4v) is 2.92. The van der Waals surface area contributed by atoms with Crippen molar-refractivity contribution in [2.45, 2.75) is 13.0 Å².